The third-order valence-corrected chi connectivity index (χ3v) is 2.97. The van der Waals surface area contributed by atoms with Crippen LogP contribution >= 0.6 is 0 Å². The summed E-state index contributed by atoms with van der Waals surface area (Å²) < 4.78 is 5.79. The summed E-state index contributed by atoms with van der Waals surface area (Å²) in [5.41, 5.74) is 1.93. The van der Waals surface area contributed by atoms with E-state index in [1.807, 2.05) is 18.2 Å². The topological polar surface area (TPSA) is 41.1 Å². The van der Waals surface area contributed by atoms with Gasteiger partial charge in [0.15, 0.2) is 0 Å². The highest BCUT2D eigenvalue weighted by Gasteiger charge is 2.04. The predicted molar refractivity (Wildman–Crippen MR) is 69.4 cm³/mol. The smallest absolute Gasteiger partial charge is 0.147 e. The number of H-pyrrole nitrogens is 1. The van der Waals surface area contributed by atoms with Crippen molar-refractivity contribution >= 4 is 11.0 Å². The first kappa shape index (κ1) is 11.9. The molecule has 0 spiro atoms. The van der Waals surface area contributed by atoms with Gasteiger partial charge in [-0.25, -0.2) is 4.98 Å². The van der Waals surface area contributed by atoms with Crippen molar-refractivity contribution in [3.8, 4) is 5.75 Å². The van der Waals surface area contributed by atoms with Crippen LogP contribution in [0.25, 0.3) is 11.0 Å². The van der Waals surface area contributed by atoms with Crippen LogP contribution in [0.2, 0.25) is 0 Å². The van der Waals surface area contributed by atoms with Gasteiger partial charge in [-0.15, -0.1) is 0 Å². The van der Waals surface area contributed by atoms with Crippen molar-refractivity contribution in [1.82, 2.24) is 14.9 Å². The Morgan fingerprint density at radius 1 is 1.29 bits per heavy atom. The molecule has 0 bridgehead atoms. The van der Waals surface area contributed by atoms with Gasteiger partial charge in [0.2, 0.25) is 0 Å². The Kier molecular flexibility index (Phi) is 3.98. The molecule has 17 heavy (non-hydrogen) atoms. The first-order chi connectivity index (χ1) is 8.35. The number of imidazole rings is 1. The fraction of sp³-hybridized carbons (Fsp3) is 0.462. The molecule has 1 N–H and O–H groups in total. The fourth-order valence-electron chi connectivity index (χ4n) is 1.88. The zero-order valence-electron chi connectivity index (χ0n) is 10.4. The lowest BCUT2D eigenvalue weighted by Gasteiger charge is -2.18. The average molecular weight is 233 g/mol. The van der Waals surface area contributed by atoms with Gasteiger partial charge in [0.1, 0.15) is 17.9 Å². The predicted octanol–water partition coefficient (Wildman–Crippen LogP) is 2.28. The van der Waals surface area contributed by atoms with Crippen molar-refractivity contribution in [2.24, 2.45) is 0 Å². The quantitative estimate of drug-likeness (QED) is 0.832. The van der Waals surface area contributed by atoms with Crippen LogP contribution in [0.15, 0.2) is 24.5 Å². The second-order valence-electron chi connectivity index (χ2n) is 3.93. The third kappa shape index (κ3) is 2.77. The molecule has 0 aliphatic carbocycles. The Morgan fingerprint density at radius 3 is 2.88 bits per heavy atom. The molecule has 0 fully saturated rings. The van der Waals surface area contributed by atoms with Crippen molar-refractivity contribution in [3.63, 3.8) is 0 Å². The third-order valence-electron chi connectivity index (χ3n) is 2.97. The number of rotatable bonds is 6. The summed E-state index contributed by atoms with van der Waals surface area (Å²) in [6.07, 6.45) is 1.70. The van der Waals surface area contributed by atoms with Gasteiger partial charge in [0.25, 0.3) is 0 Å². The lowest BCUT2D eigenvalue weighted by Crippen LogP contribution is -2.27. The van der Waals surface area contributed by atoms with Gasteiger partial charge in [0, 0.05) is 6.54 Å². The van der Waals surface area contributed by atoms with Crippen molar-refractivity contribution < 1.29 is 4.74 Å². The standard InChI is InChI=1S/C13H19N3O/c1-3-16(4-2)8-9-17-12-7-5-6-11-13(12)15-10-14-11/h5-7,10H,3-4,8-9H2,1-2H3,(H,14,15). The monoisotopic (exact) mass is 233 g/mol. The number of aromatic nitrogens is 2. The summed E-state index contributed by atoms with van der Waals surface area (Å²) >= 11 is 0. The summed E-state index contributed by atoms with van der Waals surface area (Å²) in [6, 6.07) is 5.94. The summed E-state index contributed by atoms with van der Waals surface area (Å²) in [5.74, 6) is 0.857. The SMILES string of the molecule is CCN(CC)CCOc1cccc2[nH]cnc12. The number of fused-ring (bicyclic) bond motifs is 1. The molecule has 4 heteroatoms. The van der Waals surface area contributed by atoms with E-state index in [0.29, 0.717) is 6.61 Å². The number of benzene rings is 1. The van der Waals surface area contributed by atoms with Gasteiger partial charge >= 0.3 is 0 Å². The maximum absolute atomic E-state index is 5.79. The summed E-state index contributed by atoms with van der Waals surface area (Å²) in [6.45, 7) is 8.11. The van der Waals surface area contributed by atoms with Gasteiger partial charge in [-0.05, 0) is 25.2 Å². The molecule has 0 aliphatic heterocycles. The van der Waals surface area contributed by atoms with E-state index in [1.165, 1.54) is 0 Å². The first-order valence-electron chi connectivity index (χ1n) is 6.12. The zero-order chi connectivity index (χ0) is 12.1. The van der Waals surface area contributed by atoms with Crippen LogP contribution in [0.5, 0.6) is 5.75 Å². The zero-order valence-corrected chi connectivity index (χ0v) is 10.4. The normalized spacial score (nSPS) is 11.2. The van der Waals surface area contributed by atoms with E-state index in [-0.39, 0.29) is 0 Å². The van der Waals surface area contributed by atoms with Crippen LogP contribution in [0, 0.1) is 0 Å². The number of nitrogens with one attached hydrogen (secondary N) is 1. The number of nitrogens with zero attached hydrogens (tertiary/aromatic N) is 2. The van der Waals surface area contributed by atoms with Crippen molar-refractivity contribution in [3.05, 3.63) is 24.5 Å². The van der Waals surface area contributed by atoms with Crippen LogP contribution in [-0.4, -0.2) is 41.1 Å². The highest BCUT2D eigenvalue weighted by atomic mass is 16.5. The van der Waals surface area contributed by atoms with E-state index >= 15 is 0 Å². The molecular weight excluding hydrogens is 214 g/mol. The van der Waals surface area contributed by atoms with E-state index < -0.39 is 0 Å². The minimum atomic E-state index is 0.702. The Labute approximate surface area is 102 Å². The molecule has 1 aromatic carbocycles. The van der Waals surface area contributed by atoms with Gasteiger partial charge < -0.3 is 14.6 Å². The van der Waals surface area contributed by atoms with E-state index in [9.17, 15) is 0 Å². The molecule has 1 heterocycles. The highest BCUT2D eigenvalue weighted by molar-refractivity contribution is 5.80. The molecule has 92 valence electrons. The van der Waals surface area contributed by atoms with Crippen LogP contribution < -0.4 is 4.74 Å². The summed E-state index contributed by atoms with van der Waals surface area (Å²) in [7, 11) is 0. The molecule has 0 atom stereocenters. The van der Waals surface area contributed by atoms with Gasteiger partial charge in [-0.1, -0.05) is 19.9 Å². The highest BCUT2D eigenvalue weighted by Crippen LogP contribution is 2.21. The first-order valence-corrected chi connectivity index (χ1v) is 6.12. The van der Waals surface area contributed by atoms with Crippen molar-refractivity contribution in [2.45, 2.75) is 13.8 Å². The minimum absolute atomic E-state index is 0.702. The number of ether oxygens (including phenoxy) is 1. The van der Waals surface area contributed by atoms with Crippen molar-refractivity contribution in [2.75, 3.05) is 26.2 Å². The molecule has 1 aromatic heterocycles. The average Bonchev–Trinajstić information content (AvgIpc) is 2.83. The number of para-hydroxylation sites is 1. The fourth-order valence-corrected chi connectivity index (χ4v) is 1.88. The molecule has 4 nitrogen and oxygen atoms in total. The molecule has 0 radical (unpaired) electrons. The molecule has 0 aliphatic rings. The van der Waals surface area contributed by atoms with E-state index in [2.05, 4.69) is 28.7 Å². The Bertz CT molecular complexity index is 462. The lowest BCUT2D eigenvalue weighted by molar-refractivity contribution is 0.224. The van der Waals surface area contributed by atoms with E-state index in [4.69, 9.17) is 4.74 Å². The molecule has 0 amide bonds. The maximum atomic E-state index is 5.79. The van der Waals surface area contributed by atoms with Crippen LogP contribution in [-0.2, 0) is 0 Å². The van der Waals surface area contributed by atoms with E-state index in [1.54, 1.807) is 6.33 Å². The summed E-state index contributed by atoms with van der Waals surface area (Å²) in [4.78, 5) is 9.68. The molecule has 2 aromatic rings. The van der Waals surface area contributed by atoms with Crippen LogP contribution in [0.4, 0.5) is 0 Å². The maximum Gasteiger partial charge on any atom is 0.147 e. The van der Waals surface area contributed by atoms with Gasteiger partial charge in [-0.3, -0.25) is 0 Å². The lowest BCUT2D eigenvalue weighted by atomic mass is 10.3. The number of likely N-dealkylation sites (N-methyl/N-ethyl adjacent to an activating group) is 1. The number of hydrogen-bond acceptors (Lipinski definition) is 3. The number of hydrogen-bond donors (Lipinski definition) is 1. The largest absolute Gasteiger partial charge is 0.490 e. The molecular formula is C13H19N3O. The Hall–Kier alpha value is -1.55. The van der Waals surface area contributed by atoms with Gasteiger partial charge in [0.05, 0.1) is 11.8 Å². The summed E-state index contributed by atoms with van der Waals surface area (Å²) in [5, 5.41) is 0. The molecule has 0 saturated heterocycles. The van der Waals surface area contributed by atoms with Gasteiger partial charge in [-0.2, -0.15) is 0 Å². The van der Waals surface area contributed by atoms with Crippen molar-refractivity contribution in [1.29, 1.82) is 0 Å². The Balaban J connectivity index is 1.97. The second kappa shape index (κ2) is 5.68. The van der Waals surface area contributed by atoms with E-state index in [0.717, 1.165) is 36.4 Å². The molecule has 0 saturated carbocycles. The number of aromatic amines is 1. The van der Waals surface area contributed by atoms with Crippen LogP contribution in [0.1, 0.15) is 13.8 Å². The molecule has 2 rings (SSSR count). The molecule has 0 unspecified atom stereocenters. The Morgan fingerprint density at radius 2 is 2.12 bits per heavy atom. The minimum Gasteiger partial charge on any atom is -0.490 e. The van der Waals surface area contributed by atoms with Crippen LogP contribution in [0.3, 0.4) is 0 Å². The second-order valence-corrected chi connectivity index (χ2v) is 3.93.